The lowest BCUT2D eigenvalue weighted by Gasteiger charge is -2.43. The van der Waals surface area contributed by atoms with Crippen LogP contribution in [-0.4, -0.2) is 25.2 Å². The molecule has 106 valence electrons. The summed E-state index contributed by atoms with van der Waals surface area (Å²) in [5.41, 5.74) is 1.14. The zero-order valence-corrected chi connectivity index (χ0v) is 13.3. The van der Waals surface area contributed by atoms with Crippen molar-refractivity contribution >= 4 is 28.9 Å². The SMILES string of the molecule is CCC1CNC(C(C)C)CN1c1cc(Cl)cc(Cl)c1. The summed E-state index contributed by atoms with van der Waals surface area (Å²) in [6.45, 7) is 8.76. The number of benzene rings is 1. The van der Waals surface area contributed by atoms with E-state index in [9.17, 15) is 0 Å². The molecule has 0 aromatic heterocycles. The molecule has 0 radical (unpaired) electrons. The highest BCUT2D eigenvalue weighted by atomic mass is 35.5. The van der Waals surface area contributed by atoms with Crippen LogP contribution in [-0.2, 0) is 0 Å². The molecule has 1 N–H and O–H groups in total. The second kappa shape index (κ2) is 6.34. The van der Waals surface area contributed by atoms with Gasteiger partial charge in [-0.2, -0.15) is 0 Å². The van der Waals surface area contributed by atoms with E-state index in [4.69, 9.17) is 23.2 Å². The highest BCUT2D eigenvalue weighted by Crippen LogP contribution is 2.29. The van der Waals surface area contributed by atoms with Crippen LogP contribution < -0.4 is 10.2 Å². The van der Waals surface area contributed by atoms with E-state index < -0.39 is 0 Å². The molecule has 1 aromatic carbocycles. The average molecular weight is 301 g/mol. The van der Waals surface area contributed by atoms with Gasteiger partial charge in [0.05, 0.1) is 0 Å². The van der Waals surface area contributed by atoms with E-state index in [1.165, 1.54) is 0 Å². The monoisotopic (exact) mass is 300 g/mol. The molecule has 4 heteroatoms. The van der Waals surface area contributed by atoms with Crippen molar-refractivity contribution < 1.29 is 0 Å². The van der Waals surface area contributed by atoms with Gasteiger partial charge in [-0.05, 0) is 30.5 Å². The molecule has 0 spiro atoms. The minimum atomic E-state index is 0.504. The fraction of sp³-hybridized carbons (Fsp3) is 0.600. The molecule has 0 saturated carbocycles. The van der Waals surface area contributed by atoms with Gasteiger partial charge in [0.25, 0.3) is 0 Å². The summed E-state index contributed by atoms with van der Waals surface area (Å²) >= 11 is 12.3. The molecule has 2 unspecified atom stereocenters. The van der Waals surface area contributed by atoms with Crippen molar-refractivity contribution in [1.29, 1.82) is 0 Å². The third-order valence-corrected chi connectivity index (χ3v) is 4.34. The summed E-state index contributed by atoms with van der Waals surface area (Å²) in [4.78, 5) is 2.44. The number of rotatable bonds is 3. The van der Waals surface area contributed by atoms with Crippen molar-refractivity contribution in [2.45, 2.75) is 39.3 Å². The highest BCUT2D eigenvalue weighted by Gasteiger charge is 2.28. The number of hydrogen-bond acceptors (Lipinski definition) is 2. The quantitative estimate of drug-likeness (QED) is 0.900. The van der Waals surface area contributed by atoms with E-state index in [1.54, 1.807) is 6.07 Å². The van der Waals surface area contributed by atoms with Gasteiger partial charge >= 0.3 is 0 Å². The fourth-order valence-corrected chi connectivity index (χ4v) is 3.17. The van der Waals surface area contributed by atoms with Crippen LogP contribution in [0.25, 0.3) is 0 Å². The van der Waals surface area contributed by atoms with Gasteiger partial charge in [-0.3, -0.25) is 0 Å². The second-order valence-electron chi connectivity index (χ2n) is 5.60. The summed E-state index contributed by atoms with van der Waals surface area (Å²) in [7, 11) is 0. The van der Waals surface area contributed by atoms with Gasteiger partial charge in [0.1, 0.15) is 0 Å². The smallest absolute Gasteiger partial charge is 0.0441 e. The van der Waals surface area contributed by atoms with Gasteiger partial charge in [0.15, 0.2) is 0 Å². The first kappa shape index (κ1) is 15.0. The van der Waals surface area contributed by atoms with Crippen LogP contribution in [0.15, 0.2) is 18.2 Å². The van der Waals surface area contributed by atoms with Crippen LogP contribution in [0.1, 0.15) is 27.2 Å². The van der Waals surface area contributed by atoms with Crippen LogP contribution in [0.4, 0.5) is 5.69 Å². The summed E-state index contributed by atoms with van der Waals surface area (Å²) in [6.07, 6.45) is 1.11. The van der Waals surface area contributed by atoms with E-state index in [0.29, 0.717) is 28.0 Å². The maximum atomic E-state index is 6.13. The zero-order valence-electron chi connectivity index (χ0n) is 11.8. The predicted molar refractivity (Wildman–Crippen MR) is 84.5 cm³/mol. The van der Waals surface area contributed by atoms with Crippen molar-refractivity contribution in [2.75, 3.05) is 18.0 Å². The molecule has 19 heavy (non-hydrogen) atoms. The first-order valence-corrected chi connectivity index (χ1v) is 7.73. The Bertz CT molecular complexity index is 414. The van der Waals surface area contributed by atoms with Crippen LogP contribution in [0.2, 0.25) is 10.0 Å². The van der Waals surface area contributed by atoms with Gasteiger partial charge in [-0.25, -0.2) is 0 Å². The molecule has 0 aliphatic carbocycles. The minimum absolute atomic E-state index is 0.504. The Labute approximate surface area is 126 Å². The third-order valence-electron chi connectivity index (χ3n) is 3.90. The zero-order chi connectivity index (χ0) is 14.0. The lowest BCUT2D eigenvalue weighted by atomic mass is 9.98. The van der Waals surface area contributed by atoms with Crippen LogP contribution in [0.5, 0.6) is 0 Å². The van der Waals surface area contributed by atoms with Crippen molar-refractivity contribution in [3.8, 4) is 0 Å². The van der Waals surface area contributed by atoms with E-state index in [2.05, 4.69) is 31.0 Å². The molecule has 2 atom stereocenters. The first-order valence-electron chi connectivity index (χ1n) is 6.97. The van der Waals surface area contributed by atoms with Crippen molar-refractivity contribution in [1.82, 2.24) is 5.32 Å². The molecule has 0 bridgehead atoms. The molecule has 1 fully saturated rings. The number of halogens is 2. The predicted octanol–water partition coefficient (Wildman–Crippen LogP) is 4.21. The lowest BCUT2D eigenvalue weighted by molar-refractivity contribution is 0.325. The molecule has 1 aromatic rings. The van der Waals surface area contributed by atoms with E-state index in [1.807, 2.05) is 12.1 Å². The molecule has 1 aliphatic heterocycles. The molecular formula is C15H22Cl2N2. The van der Waals surface area contributed by atoms with Crippen molar-refractivity contribution in [3.05, 3.63) is 28.2 Å². The topological polar surface area (TPSA) is 15.3 Å². The van der Waals surface area contributed by atoms with Gasteiger partial charge < -0.3 is 10.2 Å². The third kappa shape index (κ3) is 3.56. The number of hydrogen-bond donors (Lipinski definition) is 1. The molecular weight excluding hydrogens is 279 g/mol. The Morgan fingerprint density at radius 1 is 1.26 bits per heavy atom. The Hall–Kier alpha value is -0.440. The summed E-state index contributed by atoms with van der Waals surface area (Å²) < 4.78 is 0. The fourth-order valence-electron chi connectivity index (χ4n) is 2.66. The summed E-state index contributed by atoms with van der Waals surface area (Å²) in [6, 6.07) is 6.83. The number of nitrogens with zero attached hydrogens (tertiary/aromatic N) is 1. The average Bonchev–Trinajstić information content (AvgIpc) is 2.36. The van der Waals surface area contributed by atoms with Crippen molar-refractivity contribution in [2.24, 2.45) is 5.92 Å². The van der Waals surface area contributed by atoms with Crippen LogP contribution in [0, 0.1) is 5.92 Å². The Balaban J connectivity index is 2.26. The highest BCUT2D eigenvalue weighted by molar-refractivity contribution is 6.35. The number of anilines is 1. The molecule has 1 aliphatic rings. The Kier molecular flexibility index (Phi) is 4.99. The largest absolute Gasteiger partial charge is 0.366 e. The maximum Gasteiger partial charge on any atom is 0.0441 e. The van der Waals surface area contributed by atoms with Gasteiger partial charge in [0.2, 0.25) is 0 Å². The van der Waals surface area contributed by atoms with Gasteiger partial charge in [-0.1, -0.05) is 44.0 Å². The minimum Gasteiger partial charge on any atom is -0.366 e. The normalized spacial score (nSPS) is 24.0. The van der Waals surface area contributed by atoms with E-state index in [0.717, 1.165) is 25.2 Å². The molecule has 1 saturated heterocycles. The van der Waals surface area contributed by atoms with Gasteiger partial charge in [0, 0.05) is 40.9 Å². The Morgan fingerprint density at radius 2 is 1.89 bits per heavy atom. The van der Waals surface area contributed by atoms with E-state index in [-0.39, 0.29) is 0 Å². The molecule has 1 heterocycles. The van der Waals surface area contributed by atoms with Crippen molar-refractivity contribution in [3.63, 3.8) is 0 Å². The maximum absolute atomic E-state index is 6.13. The number of nitrogens with one attached hydrogen (secondary N) is 1. The summed E-state index contributed by atoms with van der Waals surface area (Å²) in [5, 5.41) is 5.05. The second-order valence-corrected chi connectivity index (χ2v) is 6.47. The number of piperazine rings is 1. The summed E-state index contributed by atoms with van der Waals surface area (Å²) in [5.74, 6) is 0.620. The standard InChI is InChI=1S/C15H22Cl2N2/c1-4-13-8-18-15(10(2)3)9-19(13)14-6-11(16)5-12(17)7-14/h5-7,10,13,15,18H,4,8-9H2,1-3H3. The first-order chi connectivity index (χ1) is 9.01. The van der Waals surface area contributed by atoms with Crippen LogP contribution in [0.3, 0.4) is 0 Å². The molecule has 2 rings (SSSR count). The lowest BCUT2D eigenvalue weighted by Crippen LogP contribution is -2.58. The molecule has 0 amide bonds. The Morgan fingerprint density at radius 3 is 2.42 bits per heavy atom. The van der Waals surface area contributed by atoms with Crippen LogP contribution >= 0.6 is 23.2 Å². The molecule has 2 nitrogen and oxygen atoms in total. The van der Waals surface area contributed by atoms with E-state index >= 15 is 0 Å². The van der Waals surface area contributed by atoms with Gasteiger partial charge in [-0.15, -0.1) is 0 Å².